The van der Waals surface area contributed by atoms with E-state index in [2.05, 4.69) is 35.8 Å². The minimum absolute atomic E-state index is 0.222. The molecule has 1 nitrogen and oxygen atoms in total. The van der Waals surface area contributed by atoms with Crippen molar-refractivity contribution in [3.8, 4) is 0 Å². The van der Waals surface area contributed by atoms with E-state index in [1.165, 1.54) is 5.56 Å². The van der Waals surface area contributed by atoms with Gasteiger partial charge >= 0.3 is 0 Å². The highest BCUT2D eigenvalue weighted by Gasteiger charge is 2.30. The number of fused-ring (bicyclic) bond motifs is 1. The zero-order valence-corrected chi connectivity index (χ0v) is 10.1. The first-order valence-electron chi connectivity index (χ1n) is 4.94. The highest BCUT2D eigenvalue weighted by molar-refractivity contribution is 9.10. The van der Waals surface area contributed by atoms with Gasteiger partial charge in [-0.15, -0.1) is 0 Å². The van der Waals surface area contributed by atoms with E-state index in [9.17, 15) is 5.11 Å². The molecule has 14 heavy (non-hydrogen) atoms. The monoisotopic (exact) mass is 254 g/mol. The summed E-state index contributed by atoms with van der Waals surface area (Å²) >= 11 is 3.44. The number of hydrogen-bond acceptors (Lipinski definition) is 1. The second-order valence-electron chi connectivity index (χ2n) is 4.90. The summed E-state index contributed by atoms with van der Waals surface area (Å²) in [6.45, 7) is 4.42. The van der Waals surface area contributed by atoms with Crippen LogP contribution in [-0.2, 0) is 6.42 Å². The molecule has 1 aromatic rings. The summed E-state index contributed by atoms with van der Waals surface area (Å²) in [5.74, 6) is 0. The van der Waals surface area contributed by atoms with Gasteiger partial charge in [0, 0.05) is 4.47 Å². The fourth-order valence-corrected chi connectivity index (χ4v) is 2.64. The maximum Gasteiger partial charge on any atom is 0.0798 e. The molecule has 1 aliphatic carbocycles. The normalized spacial score (nSPS) is 24.4. The van der Waals surface area contributed by atoms with Crippen LogP contribution in [0.3, 0.4) is 0 Å². The standard InChI is InChI=1S/C12H15BrO/c1-12(2)6-8-3-4-9(13)5-10(8)11(14)7-12/h3-5,11,14H,6-7H2,1-2H3/t11-/m1/s1. The molecule has 1 N–H and O–H groups in total. The summed E-state index contributed by atoms with van der Waals surface area (Å²) in [5.41, 5.74) is 2.61. The molecular formula is C12H15BrO. The van der Waals surface area contributed by atoms with Gasteiger partial charge < -0.3 is 5.11 Å². The molecule has 1 atom stereocenters. The molecule has 0 spiro atoms. The zero-order chi connectivity index (χ0) is 10.3. The summed E-state index contributed by atoms with van der Waals surface area (Å²) < 4.78 is 1.05. The van der Waals surface area contributed by atoms with E-state index in [0.29, 0.717) is 0 Å². The van der Waals surface area contributed by atoms with Gasteiger partial charge in [-0.2, -0.15) is 0 Å². The second-order valence-corrected chi connectivity index (χ2v) is 5.82. The van der Waals surface area contributed by atoms with E-state index < -0.39 is 0 Å². The van der Waals surface area contributed by atoms with Crippen molar-refractivity contribution in [1.82, 2.24) is 0 Å². The Labute approximate surface area is 93.3 Å². The van der Waals surface area contributed by atoms with Crippen LogP contribution in [0.5, 0.6) is 0 Å². The number of aliphatic hydroxyl groups is 1. The van der Waals surface area contributed by atoms with Crippen molar-refractivity contribution in [2.45, 2.75) is 32.8 Å². The third-order valence-corrected chi connectivity index (χ3v) is 3.38. The number of rotatable bonds is 0. The molecule has 0 saturated carbocycles. The molecule has 2 heteroatoms. The number of halogens is 1. The Morgan fingerprint density at radius 2 is 2.14 bits per heavy atom. The first-order chi connectivity index (χ1) is 6.48. The van der Waals surface area contributed by atoms with E-state index in [0.717, 1.165) is 22.9 Å². The van der Waals surface area contributed by atoms with Crippen LogP contribution >= 0.6 is 15.9 Å². The van der Waals surface area contributed by atoms with Gasteiger partial charge in [0.1, 0.15) is 0 Å². The summed E-state index contributed by atoms with van der Waals surface area (Å²) in [7, 11) is 0. The Hall–Kier alpha value is -0.340. The van der Waals surface area contributed by atoms with Crippen LogP contribution in [0.15, 0.2) is 22.7 Å². The van der Waals surface area contributed by atoms with Crippen LogP contribution in [0.1, 0.15) is 37.5 Å². The van der Waals surface area contributed by atoms with E-state index in [1.54, 1.807) is 0 Å². The molecule has 0 radical (unpaired) electrons. The fourth-order valence-electron chi connectivity index (χ4n) is 2.26. The summed E-state index contributed by atoms with van der Waals surface area (Å²) in [5, 5.41) is 10.0. The van der Waals surface area contributed by atoms with Crippen LogP contribution < -0.4 is 0 Å². The maximum absolute atomic E-state index is 10.0. The van der Waals surface area contributed by atoms with Gasteiger partial charge in [0.15, 0.2) is 0 Å². The summed E-state index contributed by atoms with van der Waals surface area (Å²) in [4.78, 5) is 0. The van der Waals surface area contributed by atoms with Crippen molar-refractivity contribution in [2.24, 2.45) is 5.41 Å². The third kappa shape index (κ3) is 1.86. The predicted octanol–water partition coefficient (Wildman–Crippen LogP) is 3.45. The lowest BCUT2D eigenvalue weighted by Crippen LogP contribution is -2.25. The molecule has 0 amide bonds. The van der Waals surface area contributed by atoms with Crippen molar-refractivity contribution in [1.29, 1.82) is 0 Å². The van der Waals surface area contributed by atoms with Crippen molar-refractivity contribution >= 4 is 15.9 Å². The van der Waals surface area contributed by atoms with Crippen LogP contribution in [0.4, 0.5) is 0 Å². The quantitative estimate of drug-likeness (QED) is 0.752. The molecule has 1 aromatic carbocycles. The molecule has 0 fully saturated rings. The molecular weight excluding hydrogens is 240 g/mol. The van der Waals surface area contributed by atoms with Gasteiger partial charge in [0.25, 0.3) is 0 Å². The average molecular weight is 255 g/mol. The summed E-state index contributed by atoms with van der Waals surface area (Å²) in [6, 6.07) is 6.20. The Morgan fingerprint density at radius 1 is 1.43 bits per heavy atom. The molecule has 0 aromatic heterocycles. The first kappa shape index (κ1) is 10.2. The van der Waals surface area contributed by atoms with Gasteiger partial charge in [-0.25, -0.2) is 0 Å². The lowest BCUT2D eigenvalue weighted by Gasteiger charge is -2.34. The van der Waals surface area contributed by atoms with Crippen molar-refractivity contribution in [3.05, 3.63) is 33.8 Å². The van der Waals surface area contributed by atoms with Crippen LogP contribution in [0.2, 0.25) is 0 Å². The van der Waals surface area contributed by atoms with Gasteiger partial charge in [0.2, 0.25) is 0 Å². The number of aliphatic hydroxyl groups excluding tert-OH is 1. The minimum atomic E-state index is -0.300. The zero-order valence-electron chi connectivity index (χ0n) is 8.55. The van der Waals surface area contributed by atoms with Crippen molar-refractivity contribution in [3.63, 3.8) is 0 Å². The van der Waals surface area contributed by atoms with E-state index in [1.807, 2.05) is 12.1 Å². The molecule has 2 rings (SSSR count). The molecule has 76 valence electrons. The lowest BCUT2D eigenvalue weighted by molar-refractivity contribution is 0.0997. The number of hydrogen-bond donors (Lipinski definition) is 1. The Bertz CT molecular complexity index is 357. The van der Waals surface area contributed by atoms with Crippen LogP contribution in [0, 0.1) is 5.41 Å². The predicted molar refractivity (Wildman–Crippen MR) is 61.2 cm³/mol. The van der Waals surface area contributed by atoms with Crippen LogP contribution in [0.25, 0.3) is 0 Å². The smallest absolute Gasteiger partial charge is 0.0798 e. The molecule has 0 saturated heterocycles. The number of benzene rings is 1. The van der Waals surface area contributed by atoms with E-state index >= 15 is 0 Å². The van der Waals surface area contributed by atoms with Crippen molar-refractivity contribution < 1.29 is 5.11 Å². The van der Waals surface area contributed by atoms with Crippen LogP contribution in [-0.4, -0.2) is 5.11 Å². The molecule has 0 aliphatic heterocycles. The van der Waals surface area contributed by atoms with E-state index in [-0.39, 0.29) is 11.5 Å². The first-order valence-corrected chi connectivity index (χ1v) is 5.74. The van der Waals surface area contributed by atoms with E-state index in [4.69, 9.17) is 0 Å². The average Bonchev–Trinajstić information content (AvgIpc) is 2.05. The summed E-state index contributed by atoms with van der Waals surface area (Å²) in [6.07, 6.45) is 1.62. The Balaban J connectivity index is 2.45. The third-order valence-electron chi connectivity index (χ3n) is 2.88. The lowest BCUT2D eigenvalue weighted by atomic mass is 9.73. The topological polar surface area (TPSA) is 20.2 Å². The van der Waals surface area contributed by atoms with Gasteiger partial charge in [0.05, 0.1) is 6.10 Å². The maximum atomic E-state index is 10.0. The second kappa shape index (κ2) is 3.35. The van der Waals surface area contributed by atoms with Gasteiger partial charge in [-0.1, -0.05) is 35.8 Å². The Kier molecular flexibility index (Phi) is 2.44. The fraction of sp³-hybridized carbons (Fsp3) is 0.500. The highest BCUT2D eigenvalue weighted by Crippen LogP contribution is 2.41. The van der Waals surface area contributed by atoms with Gasteiger partial charge in [-0.3, -0.25) is 0 Å². The molecule has 0 unspecified atom stereocenters. The minimum Gasteiger partial charge on any atom is -0.388 e. The largest absolute Gasteiger partial charge is 0.388 e. The van der Waals surface area contributed by atoms with Gasteiger partial charge in [-0.05, 0) is 41.5 Å². The SMILES string of the molecule is CC1(C)Cc2ccc(Br)cc2[C@H](O)C1. The van der Waals surface area contributed by atoms with Crippen molar-refractivity contribution in [2.75, 3.05) is 0 Å². The molecule has 1 aliphatic rings. The molecule has 0 heterocycles. The highest BCUT2D eigenvalue weighted by atomic mass is 79.9. The molecule has 0 bridgehead atoms. The Morgan fingerprint density at radius 3 is 2.86 bits per heavy atom.